The summed E-state index contributed by atoms with van der Waals surface area (Å²) in [5.74, 6) is -1.28. The maximum atomic E-state index is 12.4. The second-order valence-electron chi connectivity index (χ2n) is 3.85. The van der Waals surface area contributed by atoms with Crippen LogP contribution in [0.4, 0.5) is 0 Å². The Morgan fingerprint density at radius 3 is 2.53 bits per heavy atom. The van der Waals surface area contributed by atoms with E-state index in [0.29, 0.717) is 0 Å². The summed E-state index contributed by atoms with van der Waals surface area (Å²) in [4.78, 5) is 11.4. The molecular formula is C10H12O5S2. The van der Waals surface area contributed by atoms with Crippen LogP contribution in [0.2, 0.25) is 0 Å². The lowest BCUT2D eigenvalue weighted by atomic mass is 9.99. The van der Waals surface area contributed by atoms with Gasteiger partial charge in [-0.05, 0) is 11.4 Å². The monoisotopic (exact) mass is 276 g/mol. The molecule has 0 amide bonds. The van der Waals surface area contributed by atoms with Crippen molar-refractivity contribution in [2.75, 3.05) is 13.2 Å². The minimum Gasteiger partial charge on any atom is -0.480 e. The van der Waals surface area contributed by atoms with Crippen LogP contribution in [0.25, 0.3) is 0 Å². The van der Waals surface area contributed by atoms with Crippen molar-refractivity contribution in [1.29, 1.82) is 0 Å². The average molecular weight is 276 g/mol. The van der Waals surface area contributed by atoms with Gasteiger partial charge in [0.2, 0.25) is 9.84 Å². The molecule has 0 aromatic carbocycles. The smallest absolute Gasteiger partial charge is 0.325 e. The minimum absolute atomic E-state index is 0.00255. The van der Waals surface area contributed by atoms with Crippen molar-refractivity contribution >= 4 is 27.1 Å². The van der Waals surface area contributed by atoms with Crippen molar-refractivity contribution in [1.82, 2.24) is 0 Å². The third-order valence-electron chi connectivity index (χ3n) is 2.96. The first-order valence-electron chi connectivity index (χ1n) is 5.10. The Balaban J connectivity index is 2.51. The predicted octanol–water partition coefficient (Wildman–Crippen LogP) is 1.16. The summed E-state index contributed by atoms with van der Waals surface area (Å²) in [6.45, 7) is 0.327. The van der Waals surface area contributed by atoms with Gasteiger partial charge in [0.15, 0.2) is 4.75 Å². The Kier molecular flexibility index (Phi) is 3.24. The van der Waals surface area contributed by atoms with Crippen molar-refractivity contribution in [2.24, 2.45) is 0 Å². The second-order valence-corrected chi connectivity index (χ2v) is 7.28. The molecule has 0 radical (unpaired) electrons. The van der Waals surface area contributed by atoms with Crippen molar-refractivity contribution in [3.8, 4) is 0 Å². The highest BCUT2D eigenvalue weighted by atomic mass is 32.2. The van der Waals surface area contributed by atoms with Crippen molar-refractivity contribution in [2.45, 2.75) is 21.8 Å². The van der Waals surface area contributed by atoms with E-state index in [9.17, 15) is 18.3 Å². The molecule has 2 rings (SSSR count). The summed E-state index contributed by atoms with van der Waals surface area (Å²) >= 11 is 1.05. The van der Waals surface area contributed by atoms with Crippen LogP contribution in [0.1, 0.15) is 12.8 Å². The van der Waals surface area contributed by atoms with E-state index in [1.165, 1.54) is 6.07 Å². The summed E-state index contributed by atoms with van der Waals surface area (Å²) < 4.78 is 28.2. The maximum absolute atomic E-state index is 12.4. The van der Waals surface area contributed by atoms with Gasteiger partial charge in [0.1, 0.15) is 4.21 Å². The zero-order valence-corrected chi connectivity index (χ0v) is 10.6. The Bertz CT molecular complexity index is 497. The van der Waals surface area contributed by atoms with Gasteiger partial charge in [-0.2, -0.15) is 0 Å². The van der Waals surface area contributed by atoms with Crippen LogP contribution in [-0.4, -0.2) is 37.5 Å². The highest BCUT2D eigenvalue weighted by Gasteiger charge is 2.52. The van der Waals surface area contributed by atoms with E-state index in [0.717, 1.165) is 11.3 Å². The zero-order valence-electron chi connectivity index (χ0n) is 8.96. The van der Waals surface area contributed by atoms with E-state index >= 15 is 0 Å². The van der Waals surface area contributed by atoms with Crippen LogP contribution >= 0.6 is 11.3 Å². The van der Waals surface area contributed by atoms with Crippen LogP contribution < -0.4 is 0 Å². The first kappa shape index (κ1) is 12.5. The van der Waals surface area contributed by atoms with Crippen molar-refractivity contribution < 1.29 is 23.1 Å². The number of aliphatic carboxylic acids is 1. The van der Waals surface area contributed by atoms with E-state index in [2.05, 4.69) is 0 Å². The molecule has 0 aliphatic carbocycles. The molecule has 0 unspecified atom stereocenters. The molecule has 0 bridgehead atoms. The van der Waals surface area contributed by atoms with Gasteiger partial charge in [-0.1, -0.05) is 6.07 Å². The fourth-order valence-corrected chi connectivity index (χ4v) is 5.08. The van der Waals surface area contributed by atoms with Gasteiger partial charge in [0.25, 0.3) is 0 Å². The first-order chi connectivity index (χ1) is 8.01. The predicted molar refractivity (Wildman–Crippen MR) is 61.9 cm³/mol. The van der Waals surface area contributed by atoms with E-state index in [1.807, 2.05) is 0 Å². The molecule has 1 aromatic rings. The van der Waals surface area contributed by atoms with E-state index in [1.54, 1.807) is 11.4 Å². The summed E-state index contributed by atoms with van der Waals surface area (Å²) in [6.07, 6.45) is 0.00509. The van der Waals surface area contributed by atoms with E-state index in [-0.39, 0.29) is 30.3 Å². The Morgan fingerprint density at radius 1 is 1.41 bits per heavy atom. The molecule has 17 heavy (non-hydrogen) atoms. The molecule has 0 spiro atoms. The SMILES string of the molecule is O=C(O)C1(S(=O)(=O)c2cccs2)CCOCC1. The number of sulfone groups is 1. The molecule has 1 aliphatic heterocycles. The standard InChI is InChI=1S/C10H12O5S2/c11-9(12)10(3-5-15-6-4-10)17(13,14)8-2-1-7-16-8/h1-2,7H,3-6H2,(H,11,12). The van der Waals surface area contributed by atoms with Gasteiger partial charge in [-0.25, -0.2) is 8.42 Å². The molecule has 1 N–H and O–H groups in total. The maximum Gasteiger partial charge on any atom is 0.325 e. The number of carbonyl (C=O) groups is 1. The fourth-order valence-electron chi connectivity index (χ4n) is 1.91. The molecular weight excluding hydrogens is 264 g/mol. The molecule has 0 saturated carbocycles. The lowest BCUT2D eigenvalue weighted by Gasteiger charge is -2.31. The number of hydrogen-bond acceptors (Lipinski definition) is 5. The van der Waals surface area contributed by atoms with Crippen LogP contribution in [0.15, 0.2) is 21.7 Å². The number of ether oxygens (including phenoxy) is 1. The van der Waals surface area contributed by atoms with Crippen molar-refractivity contribution in [3.05, 3.63) is 17.5 Å². The lowest BCUT2D eigenvalue weighted by Crippen LogP contribution is -2.50. The van der Waals surface area contributed by atoms with Gasteiger partial charge < -0.3 is 9.84 Å². The quantitative estimate of drug-likeness (QED) is 0.896. The van der Waals surface area contributed by atoms with Crippen LogP contribution in [0.5, 0.6) is 0 Å². The zero-order chi connectivity index (χ0) is 12.5. The molecule has 1 saturated heterocycles. The number of carboxylic acid groups (broad SMARTS) is 1. The number of rotatable bonds is 3. The topological polar surface area (TPSA) is 80.7 Å². The highest BCUT2D eigenvalue weighted by Crippen LogP contribution is 2.36. The normalized spacial score (nSPS) is 20.0. The van der Waals surface area contributed by atoms with Gasteiger partial charge in [-0.3, -0.25) is 4.79 Å². The summed E-state index contributed by atoms with van der Waals surface area (Å²) in [5, 5.41) is 10.9. The molecule has 2 heterocycles. The molecule has 0 atom stereocenters. The largest absolute Gasteiger partial charge is 0.480 e. The first-order valence-corrected chi connectivity index (χ1v) is 7.46. The summed E-state index contributed by atoms with van der Waals surface area (Å²) in [6, 6.07) is 3.05. The molecule has 7 heteroatoms. The third-order valence-corrected chi connectivity index (χ3v) is 6.85. The van der Waals surface area contributed by atoms with Gasteiger partial charge in [0, 0.05) is 26.1 Å². The van der Waals surface area contributed by atoms with Gasteiger partial charge in [0.05, 0.1) is 0 Å². The van der Waals surface area contributed by atoms with Crippen LogP contribution in [-0.2, 0) is 19.4 Å². The molecule has 5 nitrogen and oxygen atoms in total. The van der Waals surface area contributed by atoms with Crippen LogP contribution in [0.3, 0.4) is 0 Å². The highest BCUT2D eigenvalue weighted by molar-refractivity contribution is 7.95. The Morgan fingerprint density at radius 2 is 2.06 bits per heavy atom. The van der Waals surface area contributed by atoms with Gasteiger partial charge in [-0.15, -0.1) is 11.3 Å². The second kappa shape index (κ2) is 4.40. The third kappa shape index (κ3) is 1.88. The fraction of sp³-hybridized carbons (Fsp3) is 0.500. The average Bonchev–Trinajstić information content (AvgIpc) is 2.83. The molecule has 1 aliphatic rings. The summed E-state index contributed by atoms with van der Waals surface area (Å²) in [5.41, 5.74) is 0. The molecule has 94 valence electrons. The lowest BCUT2D eigenvalue weighted by molar-refractivity contribution is -0.142. The Hall–Kier alpha value is -0.920. The number of hydrogen-bond donors (Lipinski definition) is 1. The van der Waals surface area contributed by atoms with E-state index in [4.69, 9.17) is 4.74 Å². The summed E-state index contributed by atoms with van der Waals surface area (Å²) in [7, 11) is -3.84. The van der Waals surface area contributed by atoms with E-state index < -0.39 is 20.6 Å². The Labute approximate surface area is 103 Å². The molecule has 1 aromatic heterocycles. The van der Waals surface area contributed by atoms with Crippen LogP contribution in [0, 0.1) is 0 Å². The molecule has 1 fully saturated rings. The van der Waals surface area contributed by atoms with Gasteiger partial charge >= 0.3 is 5.97 Å². The van der Waals surface area contributed by atoms with Crippen molar-refractivity contribution in [3.63, 3.8) is 0 Å². The minimum atomic E-state index is -3.84. The number of thiophene rings is 1. The number of carboxylic acids is 1.